The highest BCUT2D eigenvalue weighted by atomic mass is 16.7. The van der Waals surface area contributed by atoms with Crippen LogP contribution in [-0.2, 0) is 9.47 Å². The average molecular weight is 176 g/mol. The molecule has 1 aromatic carbocycles. The van der Waals surface area contributed by atoms with Crippen molar-refractivity contribution < 1.29 is 14.3 Å². The molecule has 0 spiro atoms. The van der Waals surface area contributed by atoms with Crippen LogP contribution in [0, 0.1) is 0 Å². The maximum absolute atomic E-state index is 10.4. The molecule has 0 fully saturated rings. The van der Waals surface area contributed by atoms with E-state index in [1.165, 1.54) is 12.5 Å². The fraction of sp³-hybridized carbons (Fsp3) is 0.100. The van der Waals surface area contributed by atoms with Gasteiger partial charge < -0.3 is 9.47 Å². The Morgan fingerprint density at radius 1 is 1.08 bits per heavy atom. The number of benzene rings is 1. The summed E-state index contributed by atoms with van der Waals surface area (Å²) in [6.07, 6.45) is 3.44. The molecule has 0 aromatic heterocycles. The van der Waals surface area contributed by atoms with Crippen molar-refractivity contribution >= 4 is 6.29 Å². The number of carbonyl (C=O) groups excluding carboxylic acids is 1. The molecule has 0 bridgehead atoms. The van der Waals surface area contributed by atoms with Gasteiger partial charge in [-0.25, -0.2) is 0 Å². The zero-order chi connectivity index (χ0) is 9.10. The van der Waals surface area contributed by atoms with E-state index in [9.17, 15) is 4.79 Å². The Morgan fingerprint density at radius 2 is 1.69 bits per heavy atom. The topological polar surface area (TPSA) is 35.5 Å². The third-order valence-electron chi connectivity index (χ3n) is 1.80. The molecule has 2 rings (SSSR count). The lowest BCUT2D eigenvalue weighted by Gasteiger charge is -2.09. The van der Waals surface area contributed by atoms with Crippen molar-refractivity contribution in [1.82, 2.24) is 0 Å². The highest BCUT2D eigenvalue weighted by Crippen LogP contribution is 2.23. The zero-order valence-electron chi connectivity index (χ0n) is 6.84. The van der Waals surface area contributed by atoms with Crippen LogP contribution < -0.4 is 0 Å². The van der Waals surface area contributed by atoms with Gasteiger partial charge in [0, 0.05) is 11.1 Å². The standard InChI is InChI=1S/C10H8O3/c11-7-8-1-3-9(4-2-8)10-12-5-6-13-10/h1-7,10H. The lowest BCUT2D eigenvalue weighted by atomic mass is 10.1. The lowest BCUT2D eigenvalue weighted by molar-refractivity contribution is -0.0246. The predicted octanol–water partition coefficient (Wildman–Crippen LogP) is 2.02. The smallest absolute Gasteiger partial charge is 0.266 e. The number of hydrogen-bond acceptors (Lipinski definition) is 3. The summed E-state index contributed by atoms with van der Waals surface area (Å²) < 4.78 is 10.2. The van der Waals surface area contributed by atoms with Gasteiger partial charge in [0.15, 0.2) is 0 Å². The minimum Gasteiger partial charge on any atom is -0.455 e. The van der Waals surface area contributed by atoms with Gasteiger partial charge in [0.1, 0.15) is 18.8 Å². The van der Waals surface area contributed by atoms with Gasteiger partial charge in [0.05, 0.1) is 0 Å². The molecule has 0 atom stereocenters. The first-order valence-electron chi connectivity index (χ1n) is 3.91. The van der Waals surface area contributed by atoms with Crippen molar-refractivity contribution in [2.75, 3.05) is 0 Å². The predicted molar refractivity (Wildman–Crippen MR) is 45.9 cm³/mol. The van der Waals surface area contributed by atoms with Crippen LogP contribution in [-0.4, -0.2) is 6.29 Å². The van der Waals surface area contributed by atoms with Crippen LogP contribution in [0.2, 0.25) is 0 Å². The Morgan fingerprint density at radius 3 is 2.23 bits per heavy atom. The summed E-state index contributed by atoms with van der Waals surface area (Å²) in [7, 11) is 0. The van der Waals surface area contributed by atoms with Crippen molar-refractivity contribution in [3.8, 4) is 0 Å². The maximum atomic E-state index is 10.4. The molecule has 0 N–H and O–H groups in total. The summed E-state index contributed by atoms with van der Waals surface area (Å²) in [5, 5.41) is 0. The fourth-order valence-electron chi connectivity index (χ4n) is 1.13. The second-order valence-electron chi connectivity index (χ2n) is 2.66. The van der Waals surface area contributed by atoms with Crippen molar-refractivity contribution in [3.05, 3.63) is 47.9 Å². The van der Waals surface area contributed by atoms with Crippen molar-refractivity contribution in [1.29, 1.82) is 0 Å². The molecule has 1 aliphatic rings. The zero-order valence-corrected chi connectivity index (χ0v) is 6.84. The number of carbonyl (C=O) groups is 1. The fourth-order valence-corrected chi connectivity index (χ4v) is 1.13. The van der Waals surface area contributed by atoms with Gasteiger partial charge in [-0.15, -0.1) is 0 Å². The molecular weight excluding hydrogens is 168 g/mol. The van der Waals surface area contributed by atoms with Crippen molar-refractivity contribution in [2.24, 2.45) is 0 Å². The Bertz CT molecular complexity index is 319. The first-order chi connectivity index (χ1) is 6.40. The van der Waals surface area contributed by atoms with E-state index >= 15 is 0 Å². The molecular formula is C10H8O3. The van der Waals surface area contributed by atoms with Crippen LogP contribution in [0.5, 0.6) is 0 Å². The molecule has 1 aliphatic heterocycles. The lowest BCUT2D eigenvalue weighted by Crippen LogP contribution is -1.97. The summed E-state index contributed by atoms with van der Waals surface area (Å²) in [6.45, 7) is 0. The molecule has 1 aromatic rings. The minimum absolute atomic E-state index is 0.360. The van der Waals surface area contributed by atoms with E-state index < -0.39 is 0 Å². The normalized spacial score (nSPS) is 15.1. The second-order valence-corrected chi connectivity index (χ2v) is 2.66. The SMILES string of the molecule is O=Cc1ccc(C2OC=CO2)cc1. The van der Waals surface area contributed by atoms with Crippen LogP contribution in [0.25, 0.3) is 0 Å². The molecule has 0 amide bonds. The molecule has 0 unspecified atom stereocenters. The number of ether oxygens (including phenoxy) is 2. The quantitative estimate of drug-likeness (QED) is 0.646. The van der Waals surface area contributed by atoms with E-state index in [0.29, 0.717) is 5.56 Å². The van der Waals surface area contributed by atoms with Crippen LogP contribution in [0.1, 0.15) is 22.2 Å². The number of aldehydes is 1. The van der Waals surface area contributed by atoms with Gasteiger partial charge >= 0.3 is 0 Å². The first kappa shape index (κ1) is 7.86. The minimum atomic E-state index is -0.360. The van der Waals surface area contributed by atoms with Gasteiger partial charge in [-0.1, -0.05) is 24.3 Å². The van der Waals surface area contributed by atoms with E-state index in [1.54, 1.807) is 24.3 Å². The molecule has 0 aliphatic carbocycles. The maximum Gasteiger partial charge on any atom is 0.266 e. The summed E-state index contributed by atoms with van der Waals surface area (Å²) in [6, 6.07) is 7.07. The Hall–Kier alpha value is -1.77. The largest absolute Gasteiger partial charge is 0.455 e. The molecule has 0 saturated carbocycles. The van der Waals surface area contributed by atoms with E-state index in [1.807, 2.05) is 0 Å². The van der Waals surface area contributed by atoms with Gasteiger partial charge in [-0.2, -0.15) is 0 Å². The van der Waals surface area contributed by atoms with Crippen molar-refractivity contribution in [3.63, 3.8) is 0 Å². The summed E-state index contributed by atoms with van der Waals surface area (Å²) in [5.41, 5.74) is 1.55. The molecule has 66 valence electrons. The highest BCUT2D eigenvalue weighted by Gasteiger charge is 2.14. The van der Waals surface area contributed by atoms with Crippen LogP contribution in [0.4, 0.5) is 0 Å². The van der Waals surface area contributed by atoms with Gasteiger partial charge in [-0.3, -0.25) is 4.79 Å². The summed E-state index contributed by atoms with van der Waals surface area (Å²) >= 11 is 0. The van der Waals surface area contributed by atoms with Crippen LogP contribution >= 0.6 is 0 Å². The van der Waals surface area contributed by atoms with Gasteiger partial charge in [0.2, 0.25) is 0 Å². The van der Waals surface area contributed by atoms with E-state index in [2.05, 4.69) is 0 Å². The molecule has 13 heavy (non-hydrogen) atoms. The number of rotatable bonds is 2. The van der Waals surface area contributed by atoms with E-state index in [-0.39, 0.29) is 6.29 Å². The van der Waals surface area contributed by atoms with Crippen LogP contribution in [0.3, 0.4) is 0 Å². The third-order valence-corrected chi connectivity index (χ3v) is 1.80. The average Bonchev–Trinajstić information content (AvgIpc) is 2.71. The number of hydrogen-bond donors (Lipinski definition) is 0. The van der Waals surface area contributed by atoms with Crippen molar-refractivity contribution in [2.45, 2.75) is 6.29 Å². The molecule has 1 heterocycles. The Labute approximate surface area is 75.6 Å². The van der Waals surface area contributed by atoms with Gasteiger partial charge in [-0.05, 0) is 0 Å². The molecule has 3 nitrogen and oxygen atoms in total. The third kappa shape index (κ3) is 1.54. The first-order valence-corrected chi connectivity index (χ1v) is 3.91. The summed E-state index contributed by atoms with van der Waals surface area (Å²) in [4.78, 5) is 10.4. The van der Waals surface area contributed by atoms with E-state index in [4.69, 9.17) is 9.47 Å². The highest BCUT2D eigenvalue weighted by molar-refractivity contribution is 5.74. The Balaban J connectivity index is 2.17. The monoisotopic (exact) mass is 176 g/mol. The van der Waals surface area contributed by atoms with Crippen LogP contribution in [0.15, 0.2) is 36.8 Å². The Kier molecular flexibility index (Phi) is 2.00. The summed E-state index contributed by atoms with van der Waals surface area (Å²) in [5.74, 6) is 0. The molecule has 3 heteroatoms. The van der Waals surface area contributed by atoms with Gasteiger partial charge in [0.25, 0.3) is 6.29 Å². The van der Waals surface area contributed by atoms with E-state index in [0.717, 1.165) is 11.8 Å². The molecule has 0 saturated heterocycles. The molecule has 0 radical (unpaired) electrons. The second kappa shape index (κ2) is 3.31.